The van der Waals surface area contributed by atoms with Gasteiger partial charge < -0.3 is 10.2 Å². The summed E-state index contributed by atoms with van der Waals surface area (Å²) >= 11 is 3.38. The molecule has 1 amide bonds. The molecule has 0 fully saturated rings. The molecule has 1 heterocycles. The zero-order valence-electron chi connectivity index (χ0n) is 10.3. The van der Waals surface area contributed by atoms with E-state index in [0.717, 1.165) is 10.3 Å². The summed E-state index contributed by atoms with van der Waals surface area (Å²) in [6.07, 6.45) is 3.15. The van der Waals surface area contributed by atoms with E-state index in [4.69, 9.17) is 0 Å². The van der Waals surface area contributed by atoms with Gasteiger partial charge in [-0.3, -0.25) is 4.79 Å². The van der Waals surface area contributed by atoms with Crippen LogP contribution in [-0.4, -0.2) is 35.0 Å². The third kappa shape index (κ3) is 4.30. The Hall–Kier alpha value is -1.17. The molecular formula is C11H17BrN4O. The van der Waals surface area contributed by atoms with Crippen molar-refractivity contribution in [2.24, 2.45) is 0 Å². The highest BCUT2D eigenvalue weighted by molar-refractivity contribution is 9.10. The van der Waals surface area contributed by atoms with E-state index in [1.807, 2.05) is 25.7 Å². The minimum absolute atomic E-state index is 0.00707. The topological polar surface area (TPSA) is 58.1 Å². The van der Waals surface area contributed by atoms with Gasteiger partial charge in [0.05, 0.1) is 11.0 Å². The van der Waals surface area contributed by atoms with E-state index < -0.39 is 0 Å². The Kier molecular flexibility index (Phi) is 5.34. The second-order valence-corrected chi connectivity index (χ2v) is 4.79. The van der Waals surface area contributed by atoms with Crippen molar-refractivity contribution in [3.05, 3.63) is 17.0 Å². The third-order valence-corrected chi connectivity index (χ3v) is 2.67. The number of nitrogens with zero attached hydrogens (tertiary/aromatic N) is 3. The number of amides is 1. The molecule has 6 heteroatoms. The smallest absolute Gasteiger partial charge is 0.239 e. The van der Waals surface area contributed by atoms with Crippen LogP contribution in [-0.2, 0) is 4.79 Å². The quantitative estimate of drug-likeness (QED) is 0.897. The van der Waals surface area contributed by atoms with Crippen molar-refractivity contribution >= 4 is 27.7 Å². The number of carbonyl (C=O) groups is 1. The van der Waals surface area contributed by atoms with Crippen LogP contribution in [0.5, 0.6) is 0 Å². The molecule has 0 spiro atoms. The Bertz CT molecular complexity index is 383. The van der Waals surface area contributed by atoms with Crippen LogP contribution in [0.15, 0.2) is 17.0 Å². The molecule has 0 aliphatic carbocycles. The molecule has 17 heavy (non-hydrogen) atoms. The number of halogens is 1. The van der Waals surface area contributed by atoms with Gasteiger partial charge in [-0.2, -0.15) is 0 Å². The minimum atomic E-state index is -0.00707. The normalized spacial score (nSPS) is 10.4. The van der Waals surface area contributed by atoms with Crippen molar-refractivity contribution in [3.8, 4) is 0 Å². The monoisotopic (exact) mass is 300 g/mol. The summed E-state index contributed by atoms with van der Waals surface area (Å²) in [6.45, 7) is 6.87. The number of nitrogens with one attached hydrogen (secondary N) is 1. The maximum atomic E-state index is 11.7. The van der Waals surface area contributed by atoms with Gasteiger partial charge in [-0.05, 0) is 36.7 Å². The fraction of sp³-hybridized carbons (Fsp3) is 0.545. The first-order valence-corrected chi connectivity index (χ1v) is 6.33. The van der Waals surface area contributed by atoms with Gasteiger partial charge in [0.25, 0.3) is 0 Å². The van der Waals surface area contributed by atoms with Crippen molar-refractivity contribution in [2.45, 2.75) is 26.8 Å². The predicted molar refractivity (Wildman–Crippen MR) is 70.9 cm³/mol. The van der Waals surface area contributed by atoms with E-state index in [1.165, 1.54) is 6.33 Å². The molecule has 0 aliphatic rings. The molecule has 0 bridgehead atoms. The van der Waals surface area contributed by atoms with E-state index in [2.05, 4.69) is 31.2 Å². The van der Waals surface area contributed by atoms with Crippen LogP contribution >= 0.6 is 15.9 Å². The fourth-order valence-electron chi connectivity index (χ4n) is 1.42. The molecule has 0 aromatic carbocycles. The molecule has 0 aliphatic heterocycles. The second-order valence-electron chi connectivity index (χ2n) is 3.93. The fourth-order valence-corrected chi connectivity index (χ4v) is 1.89. The lowest BCUT2D eigenvalue weighted by atomic mass is 10.3. The van der Waals surface area contributed by atoms with Crippen LogP contribution in [0.2, 0.25) is 0 Å². The molecule has 0 radical (unpaired) electrons. The maximum Gasteiger partial charge on any atom is 0.239 e. The highest BCUT2D eigenvalue weighted by atomic mass is 79.9. The average Bonchev–Trinajstić information content (AvgIpc) is 2.26. The van der Waals surface area contributed by atoms with Crippen molar-refractivity contribution in [1.29, 1.82) is 0 Å². The number of aromatic nitrogens is 2. The largest absolute Gasteiger partial charge is 0.352 e. The minimum Gasteiger partial charge on any atom is -0.352 e. The van der Waals surface area contributed by atoms with Crippen LogP contribution in [0.4, 0.5) is 5.82 Å². The van der Waals surface area contributed by atoms with E-state index in [1.54, 1.807) is 6.20 Å². The third-order valence-electron chi connectivity index (χ3n) is 2.11. The lowest BCUT2D eigenvalue weighted by Gasteiger charge is -2.22. The van der Waals surface area contributed by atoms with Gasteiger partial charge in [-0.25, -0.2) is 9.97 Å². The summed E-state index contributed by atoms with van der Waals surface area (Å²) in [7, 11) is 0. The van der Waals surface area contributed by atoms with E-state index in [9.17, 15) is 4.79 Å². The Morgan fingerprint density at radius 3 is 2.82 bits per heavy atom. The molecule has 0 atom stereocenters. The first kappa shape index (κ1) is 13.9. The summed E-state index contributed by atoms with van der Waals surface area (Å²) in [5.74, 6) is 0.730. The highest BCUT2D eigenvalue weighted by Gasteiger charge is 2.14. The second kappa shape index (κ2) is 6.54. The van der Waals surface area contributed by atoms with Crippen molar-refractivity contribution < 1.29 is 4.79 Å². The summed E-state index contributed by atoms with van der Waals surface area (Å²) in [6, 6.07) is 0.148. The van der Waals surface area contributed by atoms with Crippen LogP contribution in [0, 0.1) is 0 Å². The van der Waals surface area contributed by atoms with Crippen molar-refractivity contribution in [2.75, 3.05) is 18.0 Å². The number of hydrogen-bond donors (Lipinski definition) is 1. The summed E-state index contributed by atoms with van der Waals surface area (Å²) in [4.78, 5) is 21.7. The number of hydrogen-bond acceptors (Lipinski definition) is 4. The van der Waals surface area contributed by atoms with Gasteiger partial charge in [-0.1, -0.05) is 0 Å². The van der Waals surface area contributed by atoms with E-state index in [-0.39, 0.29) is 11.9 Å². The van der Waals surface area contributed by atoms with Gasteiger partial charge in [0, 0.05) is 18.8 Å². The molecule has 1 N–H and O–H groups in total. The molecule has 1 aromatic rings. The highest BCUT2D eigenvalue weighted by Crippen LogP contribution is 2.21. The Balaban J connectivity index is 2.73. The Morgan fingerprint density at radius 2 is 2.29 bits per heavy atom. The van der Waals surface area contributed by atoms with Gasteiger partial charge >= 0.3 is 0 Å². The lowest BCUT2D eigenvalue weighted by molar-refractivity contribution is -0.120. The molecule has 5 nitrogen and oxygen atoms in total. The number of anilines is 1. The average molecular weight is 301 g/mol. The van der Waals surface area contributed by atoms with Gasteiger partial charge in [-0.15, -0.1) is 0 Å². The molecule has 0 saturated heterocycles. The maximum absolute atomic E-state index is 11.7. The van der Waals surface area contributed by atoms with Gasteiger partial charge in [0.2, 0.25) is 5.91 Å². The molecular weight excluding hydrogens is 284 g/mol. The van der Waals surface area contributed by atoms with E-state index >= 15 is 0 Å². The predicted octanol–water partition coefficient (Wildman–Crippen LogP) is 1.59. The molecule has 1 aromatic heterocycles. The zero-order chi connectivity index (χ0) is 12.8. The number of carbonyl (C=O) groups excluding carboxylic acids is 1. The number of likely N-dealkylation sites (N-methyl/N-ethyl adjacent to an activating group) is 1. The molecule has 94 valence electrons. The molecule has 0 saturated carbocycles. The van der Waals surface area contributed by atoms with Crippen LogP contribution in [0.3, 0.4) is 0 Å². The summed E-state index contributed by atoms with van der Waals surface area (Å²) in [5, 5.41) is 2.86. The molecule has 0 unspecified atom stereocenters. The first-order valence-electron chi connectivity index (χ1n) is 5.54. The van der Waals surface area contributed by atoms with Crippen LogP contribution in [0.25, 0.3) is 0 Å². The number of rotatable bonds is 5. The Morgan fingerprint density at radius 1 is 1.59 bits per heavy atom. The zero-order valence-corrected chi connectivity index (χ0v) is 11.9. The summed E-state index contributed by atoms with van der Waals surface area (Å²) < 4.78 is 0.791. The summed E-state index contributed by atoms with van der Waals surface area (Å²) in [5.41, 5.74) is 0. The standard InChI is InChI=1S/C11H17BrN4O/c1-4-16(6-10(17)15-8(2)3)11-9(12)5-13-7-14-11/h5,7-8H,4,6H2,1-3H3,(H,15,17). The van der Waals surface area contributed by atoms with Crippen molar-refractivity contribution in [3.63, 3.8) is 0 Å². The van der Waals surface area contributed by atoms with Crippen LogP contribution < -0.4 is 10.2 Å². The van der Waals surface area contributed by atoms with Gasteiger partial charge in [0.1, 0.15) is 12.1 Å². The lowest BCUT2D eigenvalue weighted by Crippen LogP contribution is -2.40. The Labute approximate surface area is 110 Å². The van der Waals surface area contributed by atoms with Crippen molar-refractivity contribution in [1.82, 2.24) is 15.3 Å². The van der Waals surface area contributed by atoms with E-state index in [0.29, 0.717) is 13.1 Å². The van der Waals surface area contributed by atoms with Gasteiger partial charge in [0.15, 0.2) is 0 Å². The SMILES string of the molecule is CCN(CC(=O)NC(C)C)c1ncncc1Br. The first-order chi connectivity index (χ1) is 8.04. The molecule has 1 rings (SSSR count). The van der Waals surface area contributed by atoms with Crippen LogP contribution in [0.1, 0.15) is 20.8 Å².